The molecule has 5 rings (SSSR count). The highest BCUT2D eigenvalue weighted by Gasteiger charge is 2.31. The summed E-state index contributed by atoms with van der Waals surface area (Å²) in [6.07, 6.45) is 7.95. The number of hydrogen-bond acceptors (Lipinski definition) is 7. The van der Waals surface area contributed by atoms with Gasteiger partial charge < -0.3 is 26.6 Å². The number of carbonyl (C=O) groups is 2. The number of benzene rings is 1. The van der Waals surface area contributed by atoms with Gasteiger partial charge in [0, 0.05) is 50.5 Å². The Morgan fingerprint density at radius 3 is 2.41 bits per heavy atom. The van der Waals surface area contributed by atoms with Crippen LogP contribution in [0.3, 0.4) is 0 Å². The molecule has 3 amide bonds. The smallest absolute Gasteiger partial charge is 0.338 e. The number of nitrogens with one attached hydrogen (secondary N) is 2. The minimum Gasteiger partial charge on any atom is -0.338 e. The normalized spacial score (nSPS) is 23.4. The van der Waals surface area contributed by atoms with Gasteiger partial charge in [0.15, 0.2) is 0 Å². The van der Waals surface area contributed by atoms with E-state index in [0.29, 0.717) is 44.3 Å². The fourth-order valence-corrected chi connectivity index (χ4v) is 5.91. The molecule has 1 aromatic heterocycles. The van der Waals surface area contributed by atoms with Crippen molar-refractivity contribution in [2.75, 3.05) is 31.5 Å². The maximum absolute atomic E-state index is 12.9. The number of piperazine rings is 1. The molecule has 3 aliphatic rings. The number of aromatic nitrogens is 2. The molecule has 1 aliphatic heterocycles. The van der Waals surface area contributed by atoms with E-state index in [1.807, 2.05) is 6.07 Å². The van der Waals surface area contributed by atoms with Crippen molar-refractivity contribution in [3.8, 4) is 5.69 Å². The zero-order valence-corrected chi connectivity index (χ0v) is 22.9. The Hall–Kier alpha value is -3.28. The Morgan fingerprint density at radius 1 is 1.00 bits per heavy atom. The van der Waals surface area contributed by atoms with E-state index in [2.05, 4.69) is 27.8 Å². The third kappa shape index (κ3) is 6.32. The minimum atomic E-state index is -0.944. The Bertz CT molecular complexity index is 1280. The molecular weight excluding hydrogens is 496 g/mol. The summed E-state index contributed by atoms with van der Waals surface area (Å²) >= 11 is 0. The van der Waals surface area contributed by atoms with Crippen molar-refractivity contribution in [2.24, 2.45) is 11.5 Å². The molecule has 0 bridgehead atoms. The van der Waals surface area contributed by atoms with Crippen LogP contribution in [0.4, 0.5) is 10.6 Å². The van der Waals surface area contributed by atoms with Gasteiger partial charge in [-0.05, 0) is 81.7 Å². The Balaban J connectivity index is 1.18. The molecule has 11 heteroatoms. The molecule has 39 heavy (non-hydrogen) atoms. The number of amides is 3. The van der Waals surface area contributed by atoms with Crippen LogP contribution in [0, 0.1) is 0 Å². The zero-order valence-electron chi connectivity index (χ0n) is 22.9. The number of urea groups is 1. The summed E-state index contributed by atoms with van der Waals surface area (Å²) in [7, 11) is 0. The van der Waals surface area contributed by atoms with Crippen molar-refractivity contribution < 1.29 is 9.59 Å². The van der Waals surface area contributed by atoms with Gasteiger partial charge in [0.2, 0.25) is 5.91 Å². The molecule has 210 valence electrons. The Morgan fingerprint density at radius 2 is 1.74 bits per heavy atom. The van der Waals surface area contributed by atoms with Crippen LogP contribution in [-0.2, 0) is 17.6 Å². The van der Waals surface area contributed by atoms with E-state index >= 15 is 0 Å². The van der Waals surface area contributed by atoms with Crippen LogP contribution in [-0.4, -0.2) is 81.1 Å². The quantitative estimate of drug-likeness (QED) is 0.444. The highest BCUT2D eigenvalue weighted by molar-refractivity contribution is 5.89. The van der Waals surface area contributed by atoms with Crippen molar-refractivity contribution in [3.05, 3.63) is 52.1 Å². The van der Waals surface area contributed by atoms with E-state index in [1.54, 1.807) is 35.9 Å². The van der Waals surface area contributed by atoms with Crippen LogP contribution in [0.2, 0.25) is 0 Å². The van der Waals surface area contributed by atoms with Crippen LogP contribution in [0.1, 0.15) is 50.7 Å². The van der Waals surface area contributed by atoms with Crippen molar-refractivity contribution in [1.82, 2.24) is 24.7 Å². The molecule has 3 atom stereocenters. The molecule has 0 spiro atoms. The average molecular weight is 537 g/mol. The fraction of sp³-hybridized carbons (Fsp3) is 0.571. The second kappa shape index (κ2) is 11.1. The van der Waals surface area contributed by atoms with Crippen LogP contribution < -0.4 is 27.8 Å². The summed E-state index contributed by atoms with van der Waals surface area (Å²) in [5.41, 5.74) is 13.9. The van der Waals surface area contributed by atoms with Crippen molar-refractivity contribution >= 4 is 17.8 Å². The van der Waals surface area contributed by atoms with Gasteiger partial charge >= 0.3 is 11.7 Å². The van der Waals surface area contributed by atoms with Gasteiger partial charge in [0.05, 0.1) is 11.2 Å². The maximum atomic E-state index is 12.9. The van der Waals surface area contributed by atoms with Crippen LogP contribution in [0.15, 0.2) is 35.3 Å². The largest absolute Gasteiger partial charge is 0.354 e. The molecule has 6 N–H and O–H groups in total. The van der Waals surface area contributed by atoms with Crippen LogP contribution >= 0.6 is 0 Å². The molecule has 1 saturated carbocycles. The van der Waals surface area contributed by atoms with Gasteiger partial charge in [0.1, 0.15) is 5.82 Å². The standard InChI is InChI=1S/C28H40N8O3/c1-28(2,30)25(37)34-11-13-35(14-12-34)26(38)32-24-9-10-36(27(39)33-24)23-8-4-18-15-21(6-3-19(18)16-23)31-22-7-5-20(29)17-22/h4,8-10,16,20-22,31H,3,5-7,11-15,17,29-30H2,1-2H3,(H,32,33,38,39)/t20-,21?,22+/m0/s1. The third-order valence-electron chi connectivity index (χ3n) is 8.09. The van der Waals surface area contributed by atoms with E-state index in [0.717, 1.165) is 44.2 Å². The lowest BCUT2D eigenvalue weighted by Crippen LogP contribution is -2.58. The summed E-state index contributed by atoms with van der Waals surface area (Å²) in [5.74, 6) is 0.0575. The predicted molar refractivity (Wildman–Crippen MR) is 150 cm³/mol. The summed E-state index contributed by atoms with van der Waals surface area (Å²) in [5, 5.41) is 6.51. The average Bonchev–Trinajstić information content (AvgIpc) is 3.32. The minimum absolute atomic E-state index is 0.138. The monoisotopic (exact) mass is 536 g/mol. The highest BCUT2D eigenvalue weighted by atomic mass is 16.2. The van der Waals surface area contributed by atoms with Gasteiger partial charge in [-0.15, -0.1) is 0 Å². The number of hydrogen-bond donors (Lipinski definition) is 4. The molecule has 1 aromatic carbocycles. The molecule has 0 radical (unpaired) electrons. The first-order chi connectivity index (χ1) is 18.6. The van der Waals surface area contributed by atoms with Gasteiger partial charge in [-0.25, -0.2) is 9.59 Å². The number of carbonyl (C=O) groups excluding carboxylic acids is 2. The first-order valence-electron chi connectivity index (χ1n) is 13.9. The molecule has 1 saturated heterocycles. The topological polar surface area (TPSA) is 152 Å². The molecular formula is C28H40N8O3. The Labute approximate surface area is 228 Å². The van der Waals surface area contributed by atoms with Crippen LogP contribution in [0.25, 0.3) is 5.69 Å². The molecule has 1 unspecified atom stereocenters. The van der Waals surface area contributed by atoms with E-state index in [1.165, 1.54) is 15.7 Å². The van der Waals surface area contributed by atoms with Gasteiger partial charge in [0.25, 0.3) is 0 Å². The fourth-order valence-electron chi connectivity index (χ4n) is 5.91. The number of fused-ring (bicyclic) bond motifs is 1. The molecule has 2 aliphatic carbocycles. The number of aryl methyl sites for hydroxylation is 1. The Kier molecular flexibility index (Phi) is 7.75. The summed E-state index contributed by atoms with van der Waals surface area (Å²) in [4.78, 5) is 45.3. The lowest BCUT2D eigenvalue weighted by atomic mass is 9.87. The van der Waals surface area contributed by atoms with Gasteiger partial charge in [-0.3, -0.25) is 14.7 Å². The van der Waals surface area contributed by atoms with Gasteiger partial charge in [-0.2, -0.15) is 4.98 Å². The SMILES string of the molecule is CC(C)(N)C(=O)N1CCN(C(=O)Nc2ccn(-c3ccc4c(c3)CCC(N[C@@H]3CC[C@H](N)C3)C4)c(=O)n2)CC1. The second-order valence-electron chi connectivity index (χ2n) is 11.7. The predicted octanol–water partition coefficient (Wildman–Crippen LogP) is 0.973. The second-order valence-corrected chi connectivity index (χ2v) is 11.7. The van der Waals surface area contributed by atoms with Crippen molar-refractivity contribution in [2.45, 2.75) is 76.0 Å². The molecule has 2 heterocycles. The zero-order chi connectivity index (χ0) is 27.7. The van der Waals surface area contributed by atoms with Crippen molar-refractivity contribution in [3.63, 3.8) is 0 Å². The number of anilines is 1. The van der Waals surface area contributed by atoms with Crippen LogP contribution in [0.5, 0.6) is 0 Å². The maximum Gasteiger partial charge on any atom is 0.354 e. The van der Waals surface area contributed by atoms with E-state index < -0.39 is 11.2 Å². The third-order valence-corrected chi connectivity index (χ3v) is 8.09. The number of nitrogens with zero attached hydrogens (tertiary/aromatic N) is 4. The van der Waals surface area contributed by atoms with E-state index in [9.17, 15) is 14.4 Å². The number of nitrogens with two attached hydrogens (primary N) is 2. The molecule has 2 aromatic rings. The van der Waals surface area contributed by atoms with E-state index in [-0.39, 0.29) is 17.8 Å². The molecule has 11 nitrogen and oxygen atoms in total. The summed E-state index contributed by atoms with van der Waals surface area (Å²) in [6.45, 7) is 4.92. The first kappa shape index (κ1) is 27.3. The lowest BCUT2D eigenvalue weighted by molar-refractivity contribution is -0.137. The van der Waals surface area contributed by atoms with Crippen molar-refractivity contribution in [1.29, 1.82) is 0 Å². The number of rotatable bonds is 5. The van der Waals surface area contributed by atoms with Gasteiger partial charge in [-0.1, -0.05) is 6.07 Å². The highest BCUT2D eigenvalue weighted by Crippen LogP contribution is 2.26. The van der Waals surface area contributed by atoms with E-state index in [4.69, 9.17) is 11.5 Å². The molecule has 2 fully saturated rings. The summed E-state index contributed by atoms with van der Waals surface area (Å²) < 4.78 is 1.50. The lowest BCUT2D eigenvalue weighted by Gasteiger charge is -2.37. The first-order valence-corrected chi connectivity index (χ1v) is 13.9. The summed E-state index contributed by atoms with van der Waals surface area (Å²) in [6, 6.07) is 8.71.